The summed E-state index contributed by atoms with van der Waals surface area (Å²) in [7, 11) is 1.30. The number of nitrogens with one attached hydrogen (secondary N) is 1. The lowest BCUT2D eigenvalue weighted by molar-refractivity contribution is -0.145. The summed E-state index contributed by atoms with van der Waals surface area (Å²) in [6.07, 6.45) is 1.15. The number of hydrogen-bond donors (Lipinski definition) is 1. The van der Waals surface area contributed by atoms with Crippen molar-refractivity contribution in [2.24, 2.45) is 0 Å². The van der Waals surface area contributed by atoms with E-state index in [4.69, 9.17) is 4.74 Å². The Bertz CT molecular complexity index is 767. The van der Waals surface area contributed by atoms with Gasteiger partial charge in [-0.15, -0.1) is 0 Å². The standard InChI is InChI=1S/C18H22N2O4S/c1-13-12-25-18(23)20(13)10-6-9-16(21)19-15(17(22)24-2)11-14-7-4-3-5-8-14/h3-5,7-8,12,15H,6,9-11H2,1-2H3,(H,19,21)/t15-/m0/s1. The lowest BCUT2D eigenvalue weighted by atomic mass is 10.1. The summed E-state index contributed by atoms with van der Waals surface area (Å²) < 4.78 is 6.44. The van der Waals surface area contributed by atoms with E-state index in [0.29, 0.717) is 19.4 Å². The molecule has 1 heterocycles. The van der Waals surface area contributed by atoms with Crippen molar-refractivity contribution in [3.8, 4) is 0 Å². The summed E-state index contributed by atoms with van der Waals surface area (Å²) in [6.45, 7) is 2.36. The molecular weight excluding hydrogens is 340 g/mol. The second kappa shape index (κ2) is 9.17. The highest BCUT2D eigenvalue weighted by Gasteiger charge is 2.21. The highest BCUT2D eigenvalue weighted by molar-refractivity contribution is 7.07. The van der Waals surface area contributed by atoms with Crippen LogP contribution >= 0.6 is 11.3 Å². The van der Waals surface area contributed by atoms with Crippen LogP contribution in [0.1, 0.15) is 24.1 Å². The maximum atomic E-state index is 12.2. The fourth-order valence-corrected chi connectivity index (χ4v) is 3.29. The van der Waals surface area contributed by atoms with Gasteiger partial charge in [0.2, 0.25) is 5.91 Å². The Morgan fingerprint density at radius 1 is 1.28 bits per heavy atom. The number of esters is 1. The zero-order valence-electron chi connectivity index (χ0n) is 14.4. The second-order valence-electron chi connectivity index (χ2n) is 5.73. The maximum absolute atomic E-state index is 12.2. The zero-order valence-corrected chi connectivity index (χ0v) is 15.2. The maximum Gasteiger partial charge on any atom is 0.328 e. The molecule has 2 aromatic rings. The number of carbonyl (C=O) groups excluding carboxylic acids is 2. The first-order chi connectivity index (χ1) is 12.0. The summed E-state index contributed by atoms with van der Waals surface area (Å²) in [6, 6.07) is 8.73. The molecule has 0 aliphatic heterocycles. The van der Waals surface area contributed by atoms with Gasteiger partial charge in [-0.25, -0.2) is 4.79 Å². The van der Waals surface area contributed by atoms with Gasteiger partial charge >= 0.3 is 10.8 Å². The van der Waals surface area contributed by atoms with Crippen molar-refractivity contribution < 1.29 is 14.3 Å². The minimum atomic E-state index is -0.717. The Morgan fingerprint density at radius 2 is 2.00 bits per heavy atom. The van der Waals surface area contributed by atoms with Crippen LogP contribution in [0.15, 0.2) is 40.5 Å². The van der Waals surface area contributed by atoms with E-state index in [2.05, 4.69) is 5.32 Å². The van der Waals surface area contributed by atoms with Crippen molar-refractivity contribution in [2.75, 3.05) is 7.11 Å². The molecule has 0 saturated heterocycles. The van der Waals surface area contributed by atoms with Crippen LogP contribution in [0.25, 0.3) is 0 Å². The summed E-state index contributed by atoms with van der Waals surface area (Å²) in [4.78, 5) is 35.7. The molecular formula is C18H22N2O4S. The first-order valence-corrected chi connectivity index (χ1v) is 8.95. The number of ether oxygens (including phenoxy) is 1. The third-order valence-corrected chi connectivity index (χ3v) is 4.75. The topological polar surface area (TPSA) is 77.4 Å². The summed E-state index contributed by atoms with van der Waals surface area (Å²) in [5, 5.41) is 4.53. The highest BCUT2D eigenvalue weighted by atomic mass is 32.1. The molecule has 0 fully saturated rings. The molecule has 0 bridgehead atoms. The van der Waals surface area contributed by atoms with Gasteiger partial charge in [0.15, 0.2) is 0 Å². The summed E-state index contributed by atoms with van der Waals surface area (Å²) in [5.41, 5.74) is 1.84. The molecule has 1 aromatic heterocycles. The van der Waals surface area contributed by atoms with Gasteiger partial charge in [0.05, 0.1) is 7.11 Å². The molecule has 25 heavy (non-hydrogen) atoms. The van der Waals surface area contributed by atoms with Crippen LogP contribution in [-0.4, -0.2) is 29.6 Å². The van der Waals surface area contributed by atoms with Gasteiger partial charge in [-0.2, -0.15) is 0 Å². The number of aryl methyl sites for hydroxylation is 1. The Kier molecular flexibility index (Phi) is 6.94. The van der Waals surface area contributed by atoms with E-state index < -0.39 is 12.0 Å². The number of hydrogen-bond acceptors (Lipinski definition) is 5. The molecule has 6 nitrogen and oxygen atoms in total. The van der Waals surface area contributed by atoms with Crippen LogP contribution in [0.2, 0.25) is 0 Å². The molecule has 0 radical (unpaired) electrons. The average Bonchev–Trinajstić information content (AvgIpc) is 2.93. The van der Waals surface area contributed by atoms with Crippen LogP contribution in [0.4, 0.5) is 0 Å². The molecule has 0 saturated carbocycles. The molecule has 7 heteroatoms. The van der Waals surface area contributed by atoms with Gasteiger partial charge in [-0.3, -0.25) is 9.59 Å². The number of benzene rings is 1. The Morgan fingerprint density at radius 3 is 2.60 bits per heavy atom. The first kappa shape index (κ1) is 18.9. The normalized spacial score (nSPS) is 11.8. The van der Waals surface area contributed by atoms with Crippen LogP contribution < -0.4 is 10.2 Å². The minimum Gasteiger partial charge on any atom is -0.467 e. The van der Waals surface area contributed by atoms with Gasteiger partial charge in [-0.1, -0.05) is 41.7 Å². The smallest absolute Gasteiger partial charge is 0.328 e. The number of thiazole rings is 1. The van der Waals surface area contributed by atoms with Crippen molar-refractivity contribution in [1.29, 1.82) is 0 Å². The van der Waals surface area contributed by atoms with Crippen molar-refractivity contribution >= 4 is 23.2 Å². The van der Waals surface area contributed by atoms with Crippen LogP contribution in [0, 0.1) is 6.92 Å². The number of aromatic nitrogens is 1. The lowest BCUT2D eigenvalue weighted by Gasteiger charge is -2.16. The fourth-order valence-electron chi connectivity index (χ4n) is 2.52. The molecule has 1 aromatic carbocycles. The van der Waals surface area contributed by atoms with E-state index in [0.717, 1.165) is 22.6 Å². The van der Waals surface area contributed by atoms with E-state index in [9.17, 15) is 14.4 Å². The predicted octanol–water partition coefficient (Wildman–Crippen LogP) is 1.90. The second-order valence-corrected chi connectivity index (χ2v) is 6.55. The highest BCUT2D eigenvalue weighted by Crippen LogP contribution is 2.06. The molecule has 134 valence electrons. The van der Waals surface area contributed by atoms with Gasteiger partial charge in [0.25, 0.3) is 0 Å². The minimum absolute atomic E-state index is 0.0191. The van der Waals surface area contributed by atoms with E-state index in [1.54, 1.807) is 9.95 Å². The van der Waals surface area contributed by atoms with Crippen LogP contribution in [-0.2, 0) is 27.3 Å². The Labute approximate surface area is 150 Å². The molecule has 0 unspecified atom stereocenters. The molecule has 1 amide bonds. The quantitative estimate of drug-likeness (QED) is 0.728. The van der Waals surface area contributed by atoms with E-state index >= 15 is 0 Å². The third-order valence-electron chi connectivity index (χ3n) is 3.87. The number of amides is 1. The van der Waals surface area contributed by atoms with Gasteiger partial charge in [0, 0.05) is 30.5 Å². The molecule has 0 aliphatic carbocycles. The average molecular weight is 362 g/mol. The third kappa shape index (κ3) is 5.56. The van der Waals surface area contributed by atoms with Crippen LogP contribution in [0.5, 0.6) is 0 Å². The summed E-state index contributed by atoms with van der Waals surface area (Å²) >= 11 is 1.15. The molecule has 1 atom stereocenters. The van der Waals surface area contributed by atoms with Gasteiger partial charge in [0.1, 0.15) is 6.04 Å². The van der Waals surface area contributed by atoms with Crippen molar-refractivity contribution in [3.63, 3.8) is 0 Å². The molecule has 2 rings (SSSR count). The van der Waals surface area contributed by atoms with E-state index in [1.807, 2.05) is 37.3 Å². The largest absolute Gasteiger partial charge is 0.467 e. The van der Waals surface area contributed by atoms with E-state index in [-0.39, 0.29) is 17.2 Å². The first-order valence-electron chi connectivity index (χ1n) is 8.07. The number of methoxy groups -OCH3 is 1. The zero-order chi connectivity index (χ0) is 18.2. The fraction of sp³-hybridized carbons (Fsp3) is 0.389. The molecule has 0 spiro atoms. The van der Waals surface area contributed by atoms with Crippen molar-refractivity contribution in [1.82, 2.24) is 9.88 Å². The van der Waals surface area contributed by atoms with Crippen molar-refractivity contribution in [2.45, 2.75) is 38.8 Å². The lowest BCUT2D eigenvalue weighted by Crippen LogP contribution is -2.43. The molecule has 0 aliphatic rings. The number of nitrogens with zero attached hydrogens (tertiary/aromatic N) is 1. The molecule has 1 N–H and O–H groups in total. The van der Waals surface area contributed by atoms with E-state index in [1.165, 1.54) is 7.11 Å². The van der Waals surface area contributed by atoms with Gasteiger partial charge in [-0.05, 0) is 18.9 Å². The number of rotatable bonds is 8. The predicted molar refractivity (Wildman–Crippen MR) is 96.6 cm³/mol. The van der Waals surface area contributed by atoms with Gasteiger partial charge < -0.3 is 14.6 Å². The SMILES string of the molecule is COC(=O)[C@H](Cc1ccccc1)NC(=O)CCCn1c(C)csc1=O. The Balaban J connectivity index is 1.88. The Hall–Kier alpha value is -2.41. The van der Waals surface area contributed by atoms with Crippen molar-refractivity contribution in [3.05, 3.63) is 56.6 Å². The van der Waals surface area contributed by atoms with Crippen LogP contribution in [0.3, 0.4) is 0 Å². The number of carbonyl (C=O) groups is 2. The monoisotopic (exact) mass is 362 g/mol. The summed E-state index contributed by atoms with van der Waals surface area (Å²) in [5.74, 6) is -0.700.